The van der Waals surface area contributed by atoms with Gasteiger partial charge in [0.25, 0.3) is 0 Å². The van der Waals surface area contributed by atoms with Crippen molar-refractivity contribution in [2.45, 2.75) is 40.2 Å². The predicted octanol–water partition coefficient (Wildman–Crippen LogP) is 3.48. The Morgan fingerprint density at radius 2 is 1.59 bits per heavy atom. The van der Waals surface area contributed by atoms with Gasteiger partial charge in [-0.05, 0) is 32.9 Å². The topological polar surface area (TPSA) is 21.3 Å². The highest BCUT2D eigenvalue weighted by atomic mass is 16.5. The third-order valence-corrected chi connectivity index (χ3v) is 2.47. The summed E-state index contributed by atoms with van der Waals surface area (Å²) in [6.45, 7) is 12.6. The molecule has 0 heterocycles. The van der Waals surface area contributed by atoms with Crippen molar-refractivity contribution < 1.29 is 4.74 Å². The van der Waals surface area contributed by atoms with Gasteiger partial charge in [-0.2, -0.15) is 0 Å². The molecule has 0 unspecified atom stereocenters. The number of benzene rings is 1. The van der Waals surface area contributed by atoms with Gasteiger partial charge in [-0.25, -0.2) is 0 Å². The summed E-state index contributed by atoms with van der Waals surface area (Å²) in [5, 5.41) is 3.52. The minimum Gasteiger partial charge on any atom is -0.493 e. The fourth-order valence-corrected chi connectivity index (χ4v) is 1.35. The van der Waals surface area contributed by atoms with E-state index in [1.54, 1.807) is 0 Å². The van der Waals surface area contributed by atoms with Gasteiger partial charge in [0.2, 0.25) is 0 Å². The zero-order valence-corrected chi connectivity index (χ0v) is 11.7. The molecular weight excluding hydrogens is 210 g/mol. The van der Waals surface area contributed by atoms with Crippen molar-refractivity contribution in [3.63, 3.8) is 0 Å². The number of nitrogens with one attached hydrogen (secondary N) is 1. The molecule has 96 valence electrons. The van der Waals surface area contributed by atoms with E-state index >= 15 is 0 Å². The van der Waals surface area contributed by atoms with Crippen molar-refractivity contribution in [2.75, 3.05) is 13.2 Å². The van der Waals surface area contributed by atoms with Crippen LogP contribution in [0, 0.1) is 5.41 Å². The largest absolute Gasteiger partial charge is 0.493 e. The fraction of sp³-hybridized carbons (Fsp3) is 0.600. The Labute approximate surface area is 105 Å². The van der Waals surface area contributed by atoms with E-state index in [0.717, 1.165) is 18.9 Å². The van der Waals surface area contributed by atoms with Crippen LogP contribution in [-0.2, 0) is 0 Å². The lowest BCUT2D eigenvalue weighted by atomic mass is 9.93. The van der Waals surface area contributed by atoms with Crippen molar-refractivity contribution in [1.29, 1.82) is 0 Å². The summed E-state index contributed by atoms with van der Waals surface area (Å²) in [4.78, 5) is 0. The van der Waals surface area contributed by atoms with Crippen LogP contribution in [0.25, 0.3) is 0 Å². The summed E-state index contributed by atoms with van der Waals surface area (Å²) in [6, 6.07) is 9.98. The van der Waals surface area contributed by atoms with Crippen LogP contribution in [0.3, 0.4) is 0 Å². The second-order valence-electron chi connectivity index (χ2n) is 6.37. The first-order valence-corrected chi connectivity index (χ1v) is 6.21. The molecule has 17 heavy (non-hydrogen) atoms. The summed E-state index contributed by atoms with van der Waals surface area (Å²) in [5.41, 5.74) is 0.285. The smallest absolute Gasteiger partial charge is 0.119 e. The molecule has 0 amide bonds. The van der Waals surface area contributed by atoms with E-state index in [1.165, 1.54) is 0 Å². The summed E-state index contributed by atoms with van der Waals surface area (Å²) in [7, 11) is 0. The van der Waals surface area contributed by atoms with Crippen molar-refractivity contribution >= 4 is 0 Å². The van der Waals surface area contributed by atoms with Crippen LogP contribution in [0.4, 0.5) is 0 Å². The maximum absolute atomic E-state index is 5.80. The summed E-state index contributed by atoms with van der Waals surface area (Å²) in [6.07, 6.45) is 0. The Bertz CT molecular complexity index is 325. The number of hydrogen-bond donors (Lipinski definition) is 1. The van der Waals surface area contributed by atoms with E-state index in [1.807, 2.05) is 30.3 Å². The van der Waals surface area contributed by atoms with E-state index in [4.69, 9.17) is 4.74 Å². The molecule has 0 aliphatic rings. The highest BCUT2D eigenvalue weighted by Gasteiger charge is 2.21. The van der Waals surface area contributed by atoms with Crippen LogP contribution in [0.5, 0.6) is 5.75 Å². The van der Waals surface area contributed by atoms with Crippen LogP contribution in [0.2, 0.25) is 0 Å². The van der Waals surface area contributed by atoms with Crippen molar-refractivity contribution in [3.8, 4) is 5.75 Å². The van der Waals surface area contributed by atoms with E-state index < -0.39 is 0 Å². The van der Waals surface area contributed by atoms with Gasteiger partial charge in [-0.1, -0.05) is 32.0 Å². The highest BCUT2D eigenvalue weighted by Crippen LogP contribution is 2.18. The number of rotatable bonds is 5. The second kappa shape index (κ2) is 5.54. The van der Waals surface area contributed by atoms with Crippen molar-refractivity contribution in [2.24, 2.45) is 5.41 Å². The SMILES string of the molecule is CC(C)(CNC(C)(C)C)COc1ccccc1. The van der Waals surface area contributed by atoms with Gasteiger partial charge >= 0.3 is 0 Å². The molecule has 0 spiro atoms. The number of para-hydroxylation sites is 1. The van der Waals surface area contributed by atoms with Crippen LogP contribution >= 0.6 is 0 Å². The first-order chi connectivity index (χ1) is 7.79. The lowest BCUT2D eigenvalue weighted by Crippen LogP contribution is -2.43. The maximum Gasteiger partial charge on any atom is 0.119 e. The lowest BCUT2D eigenvalue weighted by molar-refractivity contribution is 0.166. The average Bonchev–Trinajstić information content (AvgIpc) is 2.25. The van der Waals surface area contributed by atoms with Crippen molar-refractivity contribution in [1.82, 2.24) is 5.32 Å². The minimum absolute atomic E-state index is 0.128. The highest BCUT2D eigenvalue weighted by molar-refractivity contribution is 5.20. The molecule has 0 radical (unpaired) electrons. The first kappa shape index (κ1) is 14.0. The van der Waals surface area contributed by atoms with Gasteiger partial charge in [-0.15, -0.1) is 0 Å². The molecule has 1 N–H and O–H groups in total. The van der Waals surface area contributed by atoms with Crippen molar-refractivity contribution in [3.05, 3.63) is 30.3 Å². The Morgan fingerprint density at radius 1 is 1.00 bits per heavy atom. The third kappa shape index (κ3) is 6.32. The average molecular weight is 235 g/mol. The van der Waals surface area contributed by atoms with E-state index in [-0.39, 0.29) is 11.0 Å². The fourth-order valence-electron chi connectivity index (χ4n) is 1.35. The Kier molecular flexibility index (Phi) is 4.58. The Hall–Kier alpha value is -1.02. The molecule has 0 aliphatic heterocycles. The van der Waals surface area contributed by atoms with Crippen LogP contribution < -0.4 is 10.1 Å². The van der Waals surface area contributed by atoms with Gasteiger partial charge < -0.3 is 10.1 Å². The molecular formula is C15H25NO. The lowest BCUT2D eigenvalue weighted by Gasteiger charge is -2.30. The number of ether oxygens (including phenoxy) is 1. The van der Waals surface area contributed by atoms with Gasteiger partial charge in [0.05, 0.1) is 6.61 Å². The van der Waals surface area contributed by atoms with Crippen LogP contribution in [0.1, 0.15) is 34.6 Å². The molecule has 0 bridgehead atoms. The molecule has 0 fully saturated rings. The first-order valence-electron chi connectivity index (χ1n) is 6.21. The van der Waals surface area contributed by atoms with Gasteiger partial charge in [0.1, 0.15) is 5.75 Å². The summed E-state index contributed by atoms with van der Waals surface area (Å²) < 4.78 is 5.80. The molecule has 2 heteroatoms. The Balaban J connectivity index is 2.39. The summed E-state index contributed by atoms with van der Waals surface area (Å²) in [5.74, 6) is 0.941. The number of hydrogen-bond acceptors (Lipinski definition) is 2. The molecule has 2 nitrogen and oxygen atoms in total. The molecule has 0 saturated heterocycles. The normalized spacial score (nSPS) is 12.5. The summed E-state index contributed by atoms with van der Waals surface area (Å²) >= 11 is 0. The maximum atomic E-state index is 5.80. The van der Waals surface area contributed by atoms with Gasteiger partial charge in [0, 0.05) is 17.5 Å². The standard InChI is InChI=1S/C15H25NO/c1-14(2,3)16-11-15(4,5)12-17-13-9-7-6-8-10-13/h6-10,16H,11-12H2,1-5H3. The zero-order valence-electron chi connectivity index (χ0n) is 11.7. The zero-order chi connectivity index (χ0) is 12.9. The van der Waals surface area contributed by atoms with E-state index in [9.17, 15) is 0 Å². The molecule has 1 aromatic carbocycles. The molecule has 1 rings (SSSR count). The molecule has 0 aliphatic carbocycles. The quantitative estimate of drug-likeness (QED) is 0.843. The second-order valence-corrected chi connectivity index (χ2v) is 6.37. The van der Waals surface area contributed by atoms with Gasteiger partial charge in [-0.3, -0.25) is 0 Å². The minimum atomic E-state index is 0.128. The van der Waals surface area contributed by atoms with Crippen LogP contribution in [0.15, 0.2) is 30.3 Å². The molecule has 1 aromatic rings. The van der Waals surface area contributed by atoms with Crippen LogP contribution in [-0.4, -0.2) is 18.7 Å². The Morgan fingerprint density at radius 3 is 2.12 bits per heavy atom. The molecule has 0 aromatic heterocycles. The van der Waals surface area contributed by atoms with E-state index in [2.05, 4.69) is 39.9 Å². The van der Waals surface area contributed by atoms with E-state index in [0.29, 0.717) is 0 Å². The third-order valence-electron chi connectivity index (χ3n) is 2.47. The molecule has 0 saturated carbocycles. The predicted molar refractivity (Wildman–Crippen MR) is 73.5 cm³/mol. The molecule has 0 atom stereocenters. The monoisotopic (exact) mass is 235 g/mol. The van der Waals surface area contributed by atoms with Gasteiger partial charge in [0.15, 0.2) is 0 Å².